The summed E-state index contributed by atoms with van der Waals surface area (Å²) in [6, 6.07) is 10.8. The minimum absolute atomic E-state index is 0.0529. The van der Waals surface area contributed by atoms with Crippen molar-refractivity contribution in [3.05, 3.63) is 66.3 Å². The summed E-state index contributed by atoms with van der Waals surface area (Å²) < 4.78 is 20.8. The minimum atomic E-state index is -0.457. The first-order valence-corrected chi connectivity index (χ1v) is 10.8. The summed E-state index contributed by atoms with van der Waals surface area (Å²) in [4.78, 5) is 32.5. The van der Waals surface area contributed by atoms with Gasteiger partial charge in [0.15, 0.2) is 5.82 Å². The lowest BCUT2D eigenvalue weighted by atomic mass is 10.2. The average Bonchev–Trinajstić information content (AvgIpc) is 3.49. The van der Waals surface area contributed by atoms with Gasteiger partial charge in [-0.3, -0.25) is 9.48 Å². The average molecular weight is 478 g/mol. The number of nitrogens with zero attached hydrogens (tertiary/aromatic N) is 5. The predicted octanol–water partition coefficient (Wildman–Crippen LogP) is 2.83. The maximum Gasteiger partial charge on any atom is 0.315 e. The molecule has 12 heteroatoms. The van der Waals surface area contributed by atoms with E-state index in [1.165, 1.54) is 24.6 Å². The molecule has 0 radical (unpaired) electrons. The number of hydrogen-bond acceptors (Lipinski definition) is 7. The van der Waals surface area contributed by atoms with Gasteiger partial charge in [-0.25, -0.2) is 19.2 Å². The van der Waals surface area contributed by atoms with E-state index in [4.69, 9.17) is 4.52 Å². The van der Waals surface area contributed by atoms with Crippen molar-refractivity contribution in [2.24, 2.45) is 0 Å². The van der Waals surface area contributed by atoms with E-state index in [0.29, 0.717) is 22.6 Å². The van der Waals surface area contributed by atoms with Crippen LogP contribution in [-0.2, 0) is 11.3 Å². The minimum Gasteiger partial charge on any atom is -0.364 e. The summed E-state index contributed by atoms with van der Waals surface area (Å²) in [5, 5.41) is 16.2. The second-order valence-corrected chi connectivity index (χ2v) is 7.84. The first-order valence-electron chi connectivity index (χ1n) is 10.8. The lowest BCUT2D eigenvalue weighted by Crippen LogP contribution is -2.42. The maximum absolute atomic E-state index is 14.3. The number of benzene rings is 1. The normalized spacial score (nSPS) is 10.9. The SMILES string of the molecule is CC(C)NC(=O)NCC(=O)Nc1ccnc(-c2cc(-c3ccon3)n(Cc3ccccc3F)n2)n1. The monoisotopic (exact) mass is 478 g/mol. The Labute approximate surface area is 199 Å². The van der Waals surface area contributed by atoms with Crippen molar-refractivity contribution in [3.8, 4) is 22.9 Å². The zero-order valence-corrected chi connectivity index (χ0v) is 19.0. The maximum atomic E-state index is 14.3. The molecule has 3 heterocycles. The standard InChI is InChI=1S/C23H23FN8O3/c1-14(2)27-23(34)26-12-21(33)28-20-7-9-25-22(29-20)18-11-19(17-8-10-35-31-17)32(30-18)13-15-5-3-4-6-16(15)24/h3-11,14H,12-13H2,1-2H3,(H2,26,27,34)(H,25,28,29,33). The van der Waals surface area contributed by atoms with Gasteiger partial charge >= 0.3 is 6.03 Å². The number of urea groups is 1. The fraction of sp³-hybridized carbons (Fsp3) is 0.217. The van der Waals surface area contributed by atoms with Crippen molar-refractivity contribution in [1.29, 1.82) is 0 Å². The fourth-order valence-electron chi connectivity index (χ4n) is 3.20. The third kappa shape index (κ3) is 6.05. The molecule has 0 atom stereocenters. The highest BCUT2D eigenvalue weighted by Crippen LogP contribution is 2.25. The van der Waals surface area contributed by atoms with Crippen LogP contribution < -0.4 is 16.0 Å². The van der Waals surface area contributed by atoms with Gasteiger partial charge in [0, 0.05) is 23.9 Å². The first-order chi connectivity index (χ1) is 16.9. The highest BCUT2D eigenvalue weighted by molar-refractivity contribution is 5.93. The molecule has 0 spiro atoms. The van der Waals surface area contributed by atoms with Crippen molar-refractivity contribution < 1.29 is 18.5 Å². The van der Waals surface area contributed by atoms with E-state index in [2.05, 4.69) is 36.2 Å². The van der Waals surface area contributed by atoms with Crippen LogP contribution in [0.4, 0.5) is 15.0 Å². The topological polar surface area (TPSA) is 140 Å². The number of halogens is 1. The van der Waals surface area contributed by atoms with Gasteiger partial charge in [-0.05, 0) is 32.0 Å². The molecule has 0 saturated heterocycles. The molecule has 3 amide bonds. The molecule has 3 aromatic heterocycles. The molecule has 3 N–H and O–H groups in total. The van der Waals surface area contributed by atoms with Crippen molar-refractivity contribution in [2.45, 2.75) is 26.4 Å². The lowest BCUT2D eigenvalue weighted by molar-refractivity contribution is -0.115. The highest BCUT2D eigenvalue weighted by Gasteiger charge is 2.17. The van der Waals surface area contributed by atoms with Crippen molar-refractivity contribution in [2.75, 3.05) is 11.9 Å². The lowest BCUT2D eigenvalue weighted by Gasteiger charge is -2.10. The summed E-state index contributed by atoms with van der Waals surface area (Å²) in [6.07, 6.45) is 2.90. The van der Waals surface area contributed by atoms with Crippen LogP contribution in [0.25, 0.3) is 22.9 Å². The van der Waals surface area contributed by atoms with E-state index < -0.39 is 11.9 Å². The van der Waals surface area contributed by atoms with Gasteiger partial charge in [-0.2, -0.15) is 5.10 Å². The molecule has 4 aromatic rings. The van der Waals surface area contributed by atoms with Gasteiger partial charge in [-0.15, -0.1) is 0 Å². The summed E-state index contributed by atoms with van der Waals surface area (Å²) in [5.41, 5.74) is 1.93. The number of rotatable bonds is 8. The van der Waals surface area contributed by atoms with E-state index in [1.807, 2.05) is 13.8 Å². The van der Waals surface area contributed by atoms with Gasteiger partial charge in [0.2, 0.25) is 5.91 Å². The van der Waals surface area contributed by atoms with E-state index >= 15 is 0 Å². The molecule has 0 aliphatic heterocycles. The second-order valence-electron chi connectivity index (χ2n) is 7.84. The third-order valence-corrected chi connectivity index (χ3v) is 4.74. The molecular formula is C23H23FN8O3. The predicted molar refractivity (Wildman–Crippen MR) is 125 cm³/mol. The van der Waals surface area contributed by atoms with Crippen LogP contribution in [0.5, 0.6) is 0 Å². The summed E-state index contributed by atoms with van der Waals surface area (Å²) in [6.45, 7) is 3.54. The molecular weight excluding hydrogens is 455 g/mol. The molecule has 0 bridgehead atoms. The van der Waals surface area contributed by atoms with E-state index in [-0.39, 0.29) is 36.6 Å². The highest BCUT2D eigenvalue weighted by atomic mass is 19.1. The Balaban J connectivity index is 1.54. The van der Waals surface area contributed by atoms with Crippen LogP contribution in [0.3, 0.4) is 0 Å². The first kappa shape index (κ1) is 23.5. The number of carbonyl (C=O) groups is 2. The molecule has 0 saturated carbocycles. The number of aromatic nitrogens is 5. The number of nitrogens with one attached hydrogen (secondary N) is 3. The van der Waals surface area contributed by atoms with Crippen molar-refractivity contribution >= 4 is 17.8 Å². The van der Waals surface area contributed by atoms with Gasteiger partial charge < -0.3 is 20.5 Å². The van der Waals surface area contributed by atoms with Crippen LogP contribution in [0.2, 0.25) is 0 Å². The van der Waals surface area contributed by atoms with E-state index in [9.17, 15) is 14.0 Å². The molecule has 11 nitrogen and oxygen atoms in total. The molecule has 0 fully saturated rings. The Morgan fingerprint density at radius 1 is 1.14 bits per heavy atom. The Morgan fingerprint density at radius 3 is 2.71 bits per heavy atom. The molecule has 1 aromatic carbocycles. The van der Waals surface area contributed by atoms with Crippen LogP contribution in [-0.4, -0.2) is 49.4 Å². The number of hydrogen-bond donors (Lipinski definition) is 3. The van der Waals surface area contributed by atoms with E-state index in [0.717, 1.165) is 0 Å². The Morgan fingerprint density at radius 2 is 1.97 bits per heavy atom. The molecule has 35 heavy (non-hydrogen) atoms. The number of anilines is 1. The summed E-state index contributed by atoms with van der Waals surface area (Å²) in [7, 11) is 0. The molecule has 4 rings (SSSR count). The van der Waals surface area contributed by atoms with Crippen molar-refractivity contribution in [1.82, 2.24) is 35.5 Å². The second kappa shape index (κ2) is 10.5. The Kier molecular flexibility index (Phi) is 7.10. The van der Waals surface area contributed by atoms with Crippen molar-refractivity contribution in [3.63, 3.8) is 0 Å². The summed E-state index contributed by atoms with van der Waals surface area (Å²) in [5.74, 6) is -0.336. The number of amides is 3. The van der Waals surface area contributed by atoms with Gasteiger partial charge in [0.25, 0.3) is 0 Å². The van der Waals surface area contributed by atoms with Gasteiger partial charge in [0.1, 0.15) is 29.3 Å². The Hall–Kier alpha value is -4.61. The van der Waals surface area contributed by atoms with Gasteiger partial charge in [-0.1, -0.05) is 23.4 Å². The van der Waals surface area contributed by atoms with Crippen LogP contribution in [0, 0.1) is 5.82 Å². The van der Waals surface area contributed by atoms with Crippen LogP contribution >= 0.6 is 0 Å². The van der Waals surface area contributed by atoms with E-state index in [1.54, 1.807) is 35.0 Å². The third-order valence-electron chi connectivity index (χ3n) is 4.74. The molecule has 0 aliphatic carbocycles. The molecule has 0 unspecified atom stereocenters. The van der Waals surface area contributed by atoms with Gasteiger partial charge in [0.05, 0.1) is 18.8 Å². The summed E-state index contributed by atoms with van der Waals surface area (Å²) >= 11 is 0. The van der Waals surface area contributed by atoms with Crippen LogP contribution in [0.15, 0.2) is 59.4 Å². The smallest absolute Gasteiger partial charge is 0.315 e. The number of carbonyl (C=O) groups excluding carboxylic acids is 2. The molecule has 0 aliphatic rings. The Bertz CT molecular complexity index is 1320. The molecule has 180 valence electrons. The largest absolute Gasteiger partial charge is 0.364 e. The zero-order valence-electron chi connectivity index (χ0n) is 19.0. The quantitative estimate of drug-likeness (QED) is 0.354. The fourth-order valence-corrected chi connectivity index (χ4v) is 3.20. The zero-order chi connectivity index (χ0) is 24.8. The van der Waals surface area contributed by atoms with Crippen LogP contribution in [0.1, 0.15) is 19.4 Å².